The summed E-state index contributed by atoms with van der Waals surface area (Å²) in [5, 5.41) is 4.96. The number of carbonyl (C=O) groups excluding carboxylic acids is 1. The largest absolute Gasteiger partial charge is 0.455 e. The van der Waals surface area contributed by atoms with Crippen LogP contribution in [-0.4, -0.2) is 25.9 Å². The lowest BCUT2D eigenvalue weighted by Gasteiger charge is -2.13. The van der Waals surface area contributed by atoms with Gasteiger partial charge in [-0.05, 0) is 77.0 Å². The van der Waals surface area contributed by atoms with Crippen LogP contribution in [0.1, 0.15) is 24.2 Å². The van der Waals surface area contributed by atoms with Crippen LogP contribution in [-0.2, 0) is 10.0 Å². The van der Waals surface area contributed by atoms with Crippen LogP contribution in [0.5, 0.6) is 11.5 Å². The fraction of sp³-hybridized carbons (Fsp3) is 0.125. The van der Waals surface area contributed by atoms with E-state index in [0.29, 0.717) is 29.3 Å². The van der Waals surface area contributed by atoms with Crippen molar-refractivity contribution in [3.63, 3.8) is 0 Å². The topological polar surface area (TPSA) is 97.4 Å². The Balaban J connectivity index is 1.27. The second kappa shape index (κ2) is 11.7. The number of amides is 1. The molecule has 1 heterocycles. The van der Waals surface area contributed by atoms with Gasteiger partial charge in [-0.1, -0.05) is 56.3 Å². The van der Waals surface area contributed by atoms with Gasteiger partial charge in [-0.15, -0.1) is 0 Å². The van der Waals surface area contributed by atoms with Gasteiger partial charge in [0.25, 0.3) is 5.91 Å². The Bertz CT molecular complexity index is 1750. The van der Waals surface area contributed by atoms with Crippen molar-refractivity contribution < 1.29 is 17.9 Å². The summed E-state index contributed by atoms with van der Waals surface area (Å²) in [6.07, 6.45) is 3.52. The Labute approximate surface area is 233 Å². The number of benzene rings is 4. The molecular formula is C32H29N3O4S. The molecule has 0 saturated heterocycles. The molecule has 2 N–H and O–H groups in total. The molecular weight excluding hydrogens is 522 g/mol. The first kappa shape index (κ1) is 27.1. The van der Waals surface area contributed by atoms with Crippen LogP contribution in [0.4, 0.5) is 5.69 Å². The lowest BCUT2D eigenvalue weighted by atomic mass is 10.0. The molecule has 0 atom stereocenters. The SMILES string of the molecule is CC(C)CNS(=O)(=O)c1ccc(-c2ccc(C(=O)Nc3ccccc3Oc3ccc4ccncc4c3)cc2)cc1. The molecule has 0 bridgehead atoms. The Morgan fingerprint density at radius 3 is 2.27 bits per heavy atom. The molecule has 5 aromatic rings. The van der Waals surface area contributed by atoms with Gasteiger partial charge in [0.05, 0.1) is 10.6 Å². The predicted molar refractivity (Wildman–Crippen MR) is 158 cm³/mol. The zero-order chi connectivity index (χ0) is 28.1. The standard InChI is InChI=1S/C32H29N3O4S/c1-22(2)20-34-40(37,38)29-15-12-24(13-16-29)23-7-9-26(10-8-23)32(36)35-30-5-3-4-6-31(30)39-28-14-11-25-17-18-33-21-27(25)19-28/h3-19,21-22,34H,20H2,1-2H3,(H,35,36). The summed E-state index contributed by atoms with van der Waals surface area (Å²) < 4.78 is 33.6. The normalized spacial score (nSPS) is 11.5. The van der Waals surface area contributed by atoms with Crippen molar-refractivity contribution in [3.05, 3.63) is 115 Å². The molecule has 0 aliphatic carbocycles. The van der Waals surface area contributed by atoms with E-state index in [9.17, 15) is 13.2 Å². The third-order valence-corrected chi connectivity index (χ3v) is 7.74. The highest BCUT2D eigenvalue weighted by molar-refractivity contribution is 7.89. The second-order valence-corrected chi connectivity index (χ2v) is 11.6. The van der Waals surface area contributed by atoms with Gasteiger partial charge in [0.1, 0.15) is 5.75 Å². The number of ether oxygens (including phenoxy) is 1. The first-order valence-electron chi connectivity index (χ1n) is 12.9. The van der Waals surface area contributed by atoms with Crippen molar-refractivity contribution in [2.45, 2.75) is 18.7 Å². The maximum absolute atomic E-state index is 13.1. The molecule has 40 heavy (non-hydrogen) atoms. The summed E-state index contributed by atoms with van der Waals surface area (Å²) in [7, 11) is -3.55. The monoisotopic (exact) mass is 551 g/mol. The Morgan fingerprint density at radius 2 is 1.55 bits per heavy atom. The van der Waals surface area contributed by atoms with E-state index in [1.165, 1.54) is 0 Å². The van der Waals surface area contributed by atoms with Crippen LogP contribution in [0.15, 0.2) is 114 Å². The molecule has 0 spiro atoms. The maximum Gasteiger partial charge on any atom is 0.255 e. The highest BCUT2D eigenvalue weighted by Crippen LogP contribution is 2.31. The summed E-state index contributed by atoms with van der Waals surface area (Å²) in [5.41, 5.74) is 2.74. The van der Waals surface area contributed by atoms with Crippen LogP contribution >= 0.6 is 0 Å². The van der Waals surface area contributed by atoms with E-state index in [-0.39, 0.29) is 16.7 Å². The summed E-state index contributed by atoms with van der Waals surface area (Å²) in [5.74, 6) is 1.10. The molecule has 0 unspecified atom stereocenters. The number of aromatic nitrogens is 1. The zero-order valence-corrected chi connectivity index (χ0v) is 23.0. The first-order valence-corrected chi connectivity index (χ1v) is 14.4. The quantitative estimate of drug-likeness (QED) is 0.208. The van der Waals surface area contributed by atoms with E-state index in [4.69, 9.17) is 4.74 Å². The number of carbonyl (C=O) groups is 1. The molecule has 8 heteroatoms. The smallest absolute Gasteiger partial charge is 0.255 e. The number of hydrogen-bond acceptors (Lipinski definition) is 5. The van der Waals surface area contributed by atoms with Gasteiger partial charge >= 0.3 is 0 Å². The summed E-state index contributed by atoms with van der Waals surface area (Å²) in [6, 6.07) is 28.8. The van der Waals surface area contributed by atoms with Crippen LogP contribution in [0.2, 0.25) is 0 Å². The van der Waals surface area contributed by atoms with Gasteiger partial charge in [0.15, 0.2) is 5.75 Å². The number of nitrogens with one attached hydrogen (secondary N) is 2. The number of pyridine rings is 1. The van der Waals surface area contributed by atoms with Crippen LogP contribution in [0, 0.1) is 5.92 Å². The first-order chi connectivity index (χ1) is 19.3. The highest BCUT2D eigenvalue weighted by atomic mass is 32.2. The van der Waals surface area contributed by atoms with E-state index in [0.717, 1.165) is 21.9 Å². The molecule has 0 aliphatic rings. The number of hydrogen-bond donors (Lipinski definition) is 2. The molecule has 5 rings (SSSR count). The molecule has 0 saturated carbocycles. The number of rotatable bonds is 9. The molecule has 202 valence electrons. The van der Waals surface area contributed by atoms with Gasteiger partial charge in [0, 0.05) is 29.9 Å². The van der Waals surface area contributed by atoms with Crippen molar-refractivity contribution in [2.75, 3.05) is 11.9 Å². The number of anilines is 1. The summed E-state index contributed by atoms with van der Waals surface area (Å²) in [4.78, 5) is 17.4. The molecule has 7 nitrogen and oxygen atoms in total. The zero-order valence-electron chi connectivity index (χ0n) is 22.2. The van der Waals surface area contributed by atoms with Gasteiger partial charge < -0.3 is 10.1 Å². The number of sulfonamides is 1. The number of fused-ring (bicyclic) bond motifs is 1. The molecule has 0 radical (unpaired) electrons. The van der Waals surface area contributed by atoms with E-state index < -0.39 is 10.0 Å². The number of nitrogens with zero attached hydrogens (tertiary/aromatic N) is 1. The van der Waals surface area contributed by atoms with Crippen LogP contribution in [0.25, 0.3) is 21.9 Å². The highest BCUT2D eigenvalue weighted by Gasteiger charge is 2.15. The van der Waals surface area contributed by atoms with Crippen molar-refractivity contribution in [1.82, 2.24) is 9.71 Å². The van der Waals surface area contributed by atoms with Gasteiger partial charge in [-0.25, -0.2) is 13.1 Å². The fourth-order valence-corrected chi connectivity index (χ4v) is 5.32. The maximum atomic E-state index is 13.1. The minimum absolute atomic E-state index is 0.216. The molecule has 1 amide bonds. The Morgan fingerprint density at radius 1 is 0.850 bits per heavy atom. The van der Waals surface area contributed by atoms with Crippen LogP contribution in [0.3, 0.4) is 0 Å². The lowest BCUT2D eigenvalue weighted by Crippen LogP contribution is -2.27. The Hall–Kier alpha value is -4.53. The van der Waals surface area contributed by atoms with Gasteiger partial charge in [0.2, 0.25) is 10.0 Å². The van der Waals surface area contributed by atoms with E-state index in [1.807, 2.05) is 62.4 Å². The molecule has 0 aliphatic heterocycles. The predicted octanol–water partition coefficient (Wildman–Crippen LogP) is 6.88. The average Bonchev–Trinajstić information content (AvgIpc) is 2.97. The van der Waals surface area contributed by atoms with Gasteiger partial charge in [-0.2, -0.15) is 0 Å². The van der Waals surface area contributed by atoms with Crippen LogP contribution < -0.4 is 14.8 Å². The van der Waals surface area contributed by atoms with Crippen molar-refractivity contribution in [3.8, 4) is 22.6 Å². The van der Waals surface area contributed by atoms with Gasteiger partial charge in [-0.3, -0.25) is 9.78 Å². The van der Waals surface area contributed by atoms with E-state index in [2.05, 4.69) is 15.0 Å². The van der Waals surface area contributed by atoms with E-state index >= 15 is 0 Å². The van der Waals surface area contributed by atoms with E-state index in [1.54, 1.807) is 60.9 Å². The summed E-state index contributed by atoms with van der Waals surface area (Å²) in [6.45, 7) is 4.28. The van der Waals surface area contributed by atoms with Crippen molar-refractivity contribution >= 4 is 32.4 Å². The number of para-hydroxylation sites is 2. The third kappa shape index (κ3) is 6.36. The minimum Gasteiger partial charge on any atom is -0.455 e. The lowest BCUT2D eigenvalue weighted by molar-refractivity contribution is 0.102. The second-order valence-electron chi connectivity index (χ2n) is 9.78. The molecule has 0 fully saturated rings. The average molecular weight is 552 g/mol. The molecule has 4 aromatic carbocycles. The third-order valence-electron chi connectivity index (χ3n) is 6.30. The van der Waals surface area contributed by atoms with Crippen molar-refractivity contribution in [2.24, 2.45) is 5.92 Å². The Kier molecular flexibility index (Phi) is 7.91. The molecule has 1 aromatic heterocycles. The summed E-state index contributed by atoms with van der Waals surface area (Å²) >= 11 is 0. The van der Waals surface area contributed by atoms with Crippen molar-refractivity contribution in [1.29, 1.82) is 0 Å². The fourth-order valence-electron chi connectivity index (χ4n) is 4.11. The minimum atomic E-state index is -3.55.